The molecule has 3 nitrogen and oxygen atoms in total. The van der Waals surface area contributed by atoms with Gasteiger partial charge >= 0.3 is 12.5 Å². The fourth-order valence-corrected chi connectivity index (χ4v) is 1.65. The highest BCUT2D eigenvalue weighted by atomic mass is 19.3. The number of alkyl halides is 4. The number of halogens is 4. The number of hydrogen-bond acceptors (Lipinski definition) is 3. The van der Waals surface area contributed by atoms with Gasteiger partial charge in [0.05, 0.1) is 12.8 Å². The summed E-state index contributed by atoms with van der Waals surface area (Å²) < 4.78 is 58.9. The van der Waals surface area contributed by atoms with Crippen LogP contribution in [-0.2, 0) is 0 Å². The van der Waals surface area contributed by atoms with Crippen molar-refractivity contribution in [3.63, 3.8) is 0 Å². The Morgan fingerprint density at radius 2 is 1.71 bits per heavy atom. The molecule has 0 spiro atoms. The molecule has 0 saturated heterocycles. The summed E-state index contributed by atoms with van der Waals surface area (Å²) in [7, 11) is 0. The molecular weight excluding hydrogens is 326 g/mol. The van der Waals surface area contributed by atoms with E-state index in [1.54, 1.807) is 12.1 Å². The van der Waals surface area contributed by atoms with Crippen molar-refractivity contribution in [3.8, 4) is 23.3 Å². The first kappa shape index (κ1) is 17.6. The first-order chi connectivity index (χ1) is 11.4. The van der Waals surface area contributed by atoms with Gasteiger partial charge in [-0.25, -0.2) is 4.98 Å². The van der Waals surface area contributed by atoms with E-state index >= 15 is 0 Å². The van der Waals surface area contributed by atoms with Crippen molar-refractivity contribution >= 4 is 0 Å². The number of rotatable bonds is 5. The molecule has 0 unspecified atom stereocenters. The van der Waals surface area contributed by atoms with Crippen LogP contribution in [0, 0.1) is 11.8 Å². The highest BCUT2D eigenvalue weighted by Gasteiger charge is 2.43. The van der Waals surface area contributed by atoms with E-state index in [0.717, 1.165) is 12.1 Å². The molecule has 0 saturated carbocycles. The third-order valence-corrected chi connectivity index (χ3v) is 2.74. The lowest BCUT2D eigenvalue weighted by molar-refractivity contribution is -0.253. The third kappa shape index (κ3) is 4.88. The smallest absolute Gasteiger partial charge is 0.461 e. The first-order valence-electron chi connectivity index (χ1n) is 6.96. The molecular formula is C17H13F4NO2. The molecule has 0 aliphatic rings. The predicted molar refractivity (Wildman–Crippen MR) is 79.4 cm³/mol. The van der Waals surface area contributed by atoms with Gasteiger partial charge in [0.15, 0.2) is 0 Å². The molecule has 126 valence electrons. The topological polar surface area (TPSA) is 31.4 Å². The van der Waals surface area contributed by atoms with Gasteiger partial charge in [-0.3, -0.25) is 0 Å². The second-order valence-electron chi connectivity index (χ2n) is 4.55. The minimum Gasteiger partial charge on any atom is -0.492 e. The van der Waals surface area contributed by atoms with Crippen molar-refractivity contribution in [1.82, 2.24) is 4.98 Å². The Bertz CT molecular complexity index is 719. The predicted octanol–water partition coefficient (Wildman–Crippen LogP) is 4.12. The van der Waals surface area contributed by atoms with E-state index in [2.05, 4.69) is 21.6 Å². The van der Waals surface area contributed by atoms with Crippen LogP contribution in [0.2, 0.25) is 0 Å². The van der Waals surface area contributed by atoms with E-state index < -0.39 is 12.5 Å². The lowest BCUT2D eigenvalue weighted by Crippen LogP contribution is -2.33. The molecule has 0 fully saturated rings. The largest absolute Gasteiger partial charge is 0.492 e. The maximum atomic E-state index is 12.8. The summed E-state index contributed by atoms with van der Waals surface area (Å²) in [5, 5.41) is 0. The summed E-state index contributed by atoms with van der Waals surface area (Å²) in [6.45, 7) is 2.39. The van der Waals surface area contributed by atoms with Crippen LogP contribution < -0.4 is 9.47 Å². The molecule has 0 aliphatic heterocycles. The Kier molecular flexibility index (Phi) is 5.64. The Balaban J connectivity index is 2.04. The monoisotopic (exact) mass is 339 g/mol. The van der Waals surface area contributed by atoms with Gasteiger partial charge < -0.3 is 9.47 Å². The molecule has 2 rings (SSSR count). The molecule has 0 aliphatic carbocycles. The number of aromatic nitrogens is 1. The minimum atomic E-state index is -4.53. The molecule has 7 heteroatoms. The van der Waals surface area contributed by atoms with Crippen LogP contribution in [0.4, 0.5) is 17.6 Å². The Morgan fingerprint density at radius 1 is 1.04 bits per heavy atom. The standard InChI is InChI=1S/C17H13F4NO2/c1-2-23-15-10-7-13(22-11-15)6-3-12-4-8-14(9-5-12)24-17(20,21)16(18)19/h4-5,7-11,16H,2H2,1H3. The van der Waals surface area contributed by atoms with Crippen LogP contribution in [0.5, 0.6) is 11.5 Å². The van der Waals surface area contributed by atoms with E-state index in [1.807, 2.05) is 6.92 Å². The average molecular weight is 339 g/mol. The van der Waals surface area contributed by atoms with Crippen molar-refractivity contribution in [2.75, 3.05) is 6.61 Å². The second-order valence-corrected chi connectivity index (χ2v) is 4.55. The van der Waals surface area contributed by atoms with Crippen molar-refractivity contribution < 1.29 is 27.0 Å². The fourth-order valence-electron chi connectivity index (χ4n) is 1.65. The normalized spacial score (nSPS) is 10.9. The number of benzene rings is 1. The van der Waals surface area contributed by atoms with Crippen LogP contribution in [0.1, 0.15) is 18.2 Å². The van der Waals surface area contributed by atoms with Gasteiger partial charge in [-0.2, -0.15) is 17.6 Å². The summed E-state index contributed by atoms with van der Waals surface area (Å²) >= 11 is 0. The molecule has 0 bridgehead atoms. The highest BCUT2D eigenvalue weighted by molar-refractivity contribution is 5.42. The molecule has 0 atom stereocenters. The molecule has 0 amide bonds. The Hall–Kier alpha value is -2.75. The summed E-state index contributed by atoms with van der Waals surface area (Å²) in [6.07, 6.45) is -6.89. The first-order valence-corrected chi connectivity index (χ1v) is 6.96. The Morgan fingerprint density at radius 3 is 2.25 bits per heavy atom. The van der Waals surface area contributed by atoms with E-state index in [0.29, 0.717) is 23.6 Å². The zero-order chi connectivity index (χ0) is 17.6. The SMILES string of the molecule is CCOc1ccc(C#Cc2ccc(OC(F)(F)C(F)F)cc2)nc1. The molecule has 0 N–H and O–H groups in total. The van der Waals surface area contributed by atoms with E-state index in [1.165, 1.54) is 18.3 Å². The second kappa shape index (κ2) is 7.68. The van der Waals surface area contributed by atoms with E-state index in [-0.39, 0.29) is 5.75 Å². The number of hydrogen-bond donors (Lipinski definition) is 0. The Labute approximate surface area is 136 Å². The van der Waals surface area contributed by atoms with E-state index in [4.69, 9.17) is 4.74 Å². The minimum absolute atomic E-state index is 0.370. The maximum Gasteiger partial charge on any atom is 0.461 e. The zero-order valence-electron chi connectivity index (χ0n) is 12.6. The lowest BCUT2D eigenvalue weighted by Gasteiger charge is -2.16. The van der Waals surface area contributed by atoms with Crippen LogP contribution in [0.15, 0.2) is 42.6 Å². The molecule has 1 aromatic heterocycles. The summed E-state index contributed by atoms with van der Waals surface area (Å²) in [6, 6.07) is 8.47. The van der Waals surface area contributed by atoms with Crippen LogP contribution in [0.25, 0.3) is 0 Å². The van der Waals surface area contributed by atoms with Crippen LogP contribution in [-0.4, -0.2) is 24.1 Å². The zero-order valence-corrected chi connectivity index (χ0v) is 12.6. The molecule has 0 radical (unpaired) electrons. The number of pyridine rings is 1. The summed E-state index contributed by atoms with van der Waals surface area (Å²) in [5.41, 5.74) is 1.00. The van der Waals surface area contributed by atoms with Gasteiger partial charge in [0.25, 0.3) is 0 Å². The van der Waals surface area contributed by atoms with Gasteiger partial charge in [0.2, 0.25) is 0 Å². The van der Waals surface area contributed by atoms with Crippen molar-refractivity contribution in [1.29, 1.82) is 0 Å². The fraction of sp³-hybridized carbons (Fsp3) is 0.235. The number of nitrogens with zero attached hydrogens (tertiary/aromatic N) is 1. The summed E-state index contributed by atoms with van der Waals surface area (Å²) in [4.78, 5) is 4.09. The molecule has 1 aromatic carbocycles. The summed E-state index contributed by atoms with van der Waals surface area (Å²) in [5.74, 6) is 5.83. The van der Waals surface area contributed by atoms with Crippen molar-refractivity contribution in [3.05, 3.63) is 53.9 Å². The van der Waals surface area contributed by atoms with Crippen molar-refractivity contribution in [2.24, 2.45) is 0 Å². The van der Waals surface area contributed by atoms with E-state index in [9.17, 15) is 17.6 Å². The van der Waals surface area contributed by atoms with Crippen LogP contribution in [0.3, 0.4) is 0 Å². The van der Waals surface area contributed by atoms with Gasteiger partial charge in [0.1, 0.15) is 17.2 Å². The number of ether oxygens (including phenoxy) is 2. The average Bonchev–Trinajstić information content (AvgIpc) is 2.55. The molecule has 2 aromatic rings. The van der Waals surface area contributed by atoms with Crippen molar-refractivity contribution in [2.45, 2.75) is 19.5 Å². The maximum absolute atomic E-state index is 12.8. The van der Waals surface area contributed by atoms with Gasteiger partial charge in [-0.15, -0.1) is 0 Å². The highest BCUT2D eigenvalue weighted by Crippen LogP contribution is 2.27. The van der Waals surface area contributed by atoms with Gasteiger partial charge in [-0.1, -0.05) is 5.92 Å². The van der Waals surface area contributed by atoms with Gasteiger partial charge in [-0.05, 0) is 49.2 Å². The molecule has 24 heavy (non-hydrogen) atoms. The lowest BCUT2D eigenvalue weighted by atomic mass is 10.2. The quantitative estimate of drug-likeness (QED) is 0.607. The molecule has 1 heterocycles. The third-order valence-electron chi connectivity index (χ3n) is 2.74. The van der Waals surface area contributed by atoms with Crippen LogP contribution >= 0.6 is 0 Å². The van der Waals surface area contributed by atoms with Gasteiger partial charge in [0, 0.05) is 5.56 Å².